The number of hydrogen-bond acceptors (Lipinski definition) is 1. The first kappa shape index (κ1) is 28.9. The zero-order valence-corrected chi connectivity index (χ0v) is 28.5. The van der Waals surface area contributed by atoms with E-state index in [2.05, 4.69) is 179 Å². The molecule has 51 heavy (non-hydrogen) atoms. The average molecular weight is 655 g/mol. The molecule has 1 spiro atoms. The molecule has 0 aliphatic heterocycles. The third kappa shape index (κ3) is 4.17. The van der Waals surface area contributed by atoms with E-state index >= 15 is 0 Å². The number of nitrogens with zero attached hydrogens (tertiary/aromatic N) is 2. The van der Waals surface area contributed by atoms with Gasteiger partial charge < -0.3 is 9.47 Å². The molecule has 1 aromatic heterocycles. The minimum Gasteiger partial charge on any atom is -0.308 e. The van der Waals surface area contributed by atoms with Gasteiger partial charge in [-0.05, 0) is 113 Å². The maximum Gasteiger partial charge on any atom is 0.0702 e. The fourth-order valence-electron chi connectivity index (χ4n) is 10.4. The van der Waals surface area contributed by atoms with Crippen LogP contribution in [0, 0.1) is 11.8 Å². The maximum absolute atomic E-state index is 2.57. The molecule has 11 rings (SSSR count). The number of para-hydroxylation sites is 4. The van der Waals surface area contributed by atoms with Gasteiger partial charge in [0, 0.05) is 27.6 Å². The molecule has 3 aliphatic rings. The third-order valence-electron chi connectivity index (χ3n) is 12.5. The van der Waals surface area contributed by atoms with Crippen LogP contribution in [0.15, 0.2) is 170 Å². The van der Waals surface area contributed by atoms with Crippen molar-refractivity contribution in [1.82, 2.24) is 4.57 Å². The Kier molecular flexibility index (Phi) is 6.28. The number of anilines is 3. The summed E-state index contributed by atoms with van der Waals surface area (Å²) in [5.41, 5.74) is 15.7. The Morgan fingerprint density at radius 3 is 1.88 bits per heavy atom. The second-order valence-electron chi connectivity index (χ2n) is 14.9. The van der Waals surface area contributed by atoms with E-state index in [9.17, 15) is 0 Å². The summed E-state index contributed by atoms with van der Waals surface area (Å²) in [4.78, 5) is 2.51. The minimum atomic E-state index is 0.111. The van der Waals surface area contributed by atoms with E-state index in [0.717, 1.165) is 17.3 Å². The molecule has 0 amide bonds. The second kappa shape index (κ2) is 11.1. The van der Waals surface area contributed by atoms with Crippen LogP contribution in [-0.4, -0.2) is 4.57 Å². The number of aromatic nitrogens is 1. The normalized spacial score (nSPS) is 19.9. The summed E-state index contributed by atoms with van der Waals surface area (Å²) in [6.45, 7) is 0. The van der Waals surface area contributed by atoms with E-state index in [1.165, 1.54) is 86.7 Å². The molecule has 2 nitrogen and oxygen atoms in total. The first-order valence-corrected chi connectivity index (χ1v) is 18.6. The summed E-state index contributed by atoms with van der Waals surface area (Å²) in [6, 6.07) is 63.2. The van der Waals surface area contributed by atoms with Crippen LogP contribution in [0.25, 0.3) is 49.7 Å². The van der Waals surface area contributed by atoms with Crippen LogP contribution in [0.3, 0.4) is 0 Å². The molecule has 2 fully saturated rings. The highest BCUT2D eigenvalue weighted by Gasteiger charge is 2.56. The highest BCUT2D eigenvalue weighted by Crippen LogP contribution is 2.66. The maximum atomic E-state index is 2.57. The van der Waals surface area contributed by atoms with Gasteiger partial charge in [0.25, 0.3) is 0 Å². The van der Waals surface area contributed by atoms with E-state index in [-0.39, 0.29) is 5.41 Å². The van der Waals surface area contributed by atoms with Crippen LogP contribution in [-0.2, 0) is 5.41 Å². The van der Waals surface area contributed by atoms with Gasteiger partial charge >= 0.3 is 0 Å². The Labute approximate surface area is 299 Å². The Morgan fingerprint density at radius 1 is 0.510 bits per heavy atom. The first-order valence-electron chi connectivity index (χ1n) is 18.6. The Hall–Kier alpha value is -5.86. The lowest BCUT2D eigenvalue weighted by molar-refractivity contribution is 0.327. The van der Waals surface area contributed by atoms with E-state index in [0.29, 0.717) is 5.92 Å². The van der Waals surface area contributed by atoms with Gasteiger partial charge in [0.1, 0.15) is 0 Å². The fraction of sp³-hybridized carbons (Fsp3) is 0.143. The van der Waals surface area contributed by atoms with Crippen LogP contribution in [0.4, 0.5) is 17.1 Å². The van der Waals surface area contributed by atoms with E-state index in [1.54, 1.807) is 5.56 Å². The molecule has 3 aliphatic carbocycles. The molecule has 1 heterocycles. The van der Waals surface area contributed by atoms with Crippen LogP contribution in [0.2, 0.25) is 0 Å². The number of benzene rings is 7. The number of rotatable bonds is 5. The molecule has 244 valence electrons. The van der Waals surface area contributed by atoms with Crippen LogP contribution >= 0.6 is 0 Å². The third-order valence-corrected chi connectivity index (χ3v) is 12.5. The van der Waals surface area contributed by atoms with Gasteiger partial charge in [-0.2, -0.15) is 0 Å². The lowest BCUT2D eigenvalue weighted by atomic mass is 9.67. The lowest BCUT2D eigenvalue weighted by Gasteiger charge is -2.37. The molecule has 2 saturated carbocycles. The first-order chi connectivity index (χ1) is 25.3. The standard InChI is InChI=1S/C49H38N2/c1-2-12-34(13-3-1)35-23-26-37(27-24-35)50(47-20-10-11-21-48(47)51-45-18-8-5-15-41(45)42-16-6-9-19-46(42)51)38-28-29-40-39-14-4-7-17-43(39)49(44(40)31-38)32-33-22-25-36(49)30-33/h1-21,23-24,26-29,31,33,36H,22,25,30,32H2/t33-,36+,49+/m0/s1. The molecule has 0 N–H and O–H groups in total. The van der Waals surface area contributed by atoms with Crippen molar-refractivity contribution in [2.45, 2.75) is 31.1 Å². The van der Waals surface area contributed by atoms with E-state index in [4.69, 9.17) is 0 Å². The summed E-state index contributed by atoms with van der Waals surface area (Å²) >= 11 is 0. The lowest BCUT2D eigenvalue weighted by Crippen LogP contribution is -2.32. The summed E-state index contributed by atoms with van der Waals surface area (Å²) in [7, 11) is 0. The fourth-order valence-corrected chi connectivity index (χ4v) is 10.4. The summed E-state index contributed by atoms with van der Waals surface area (Å²) in [5, 5.41) is 2.55. The molecule has 0 radical (unpaired) electrons. The van der Waals surface area contributed by atoms with Crippen LogP contribution in [0.5, 0.6) is 0 Å². The van der Waals surface area contributed by atoms with Crippen LogP contribution < -0.4 is 4.90 Å². The molecule has 8 aromatic rings. The van der Waals surface area contributed by atoms with Crippen molar-refractivity contribution in [2.75, 3.05) is 4.90 Å². The SMILES string of the molecule is c1ccc(-c2ccc(N(c3ccc4c(c3)[C@@]3(C[C@H]5CC[C@@H]3C5)c3ccccc3-4)c3ccccc3-n3c4ccccc4c4ccccc43)cc2)cc1. The molecule has 0 unspecified atom stereocenters. The predicted molar refractivity (Wildman–Crippen MR) is 213 cm³/mol. The number of fused-ring (bicyclic) bond motifs is 11. The Balaban J connectivity index is 1.15. The van der Waals surface area contributed by atoms with Crippen molar-refractivity contribution < 1.29 is 0 Å². The van der Waals surface area contributed by atoms with Gasteiger partial charge in [0.2, 0.25) is 0 Å². The Bertz CT molecular complexity index is 2560. The van der Waals surface area contributed by atoms with Gasteiger partial charge in [-0.1, -0.05) is 128 Å². The highest BCUT2D eigenvalue weighted by atomic mass is 15.2. The average Bonchev–Trinajstić information content (AvgIpc) is 3.97. The van der Waals surface area contributed by atoms with Gasteiger partial charge in [-0.3, -0.25) is 0 Å². The molecular weight excluding hydrogens is 617 g/mol. The van der Waals surface area contributed by atoms with E-state index < -0.39 is 0 Å². The molecule has 2 bridgehead atoms. The molecular formula is C49H38N2. The second-order valence-corrected chi connectivity index (χ2v) is 14.9. The Morgan fingerprint density at radius 2 is 1.14 bits per heavy atom. The van der Waals surface area contributed by atoms with Gasteiger partial charge in [0.15, 0.2) is 0 Å². The zero-order valence-electron chi connectivity index (χ0n) is 28.5. The largest absolute Gasteiger partial charge is 0.308 e. The summed E-state index contributed by atoms with van der Waals surface area (Å²) in [5.74, 6) is 1.54. The molecule has 3 atom stereocenters. The molecule has 0 saturated heterocycles. The van der Waals surface area contributed by atoms with Gasteiger partial charge in [-0.25, -0.2) is 0 Å². The molecule has 2 heteroatoms. The highest BCUT2D eigenvalue weighted by molar-refractivity contribution is 6.10. The van der Waals surface area contributed by atoms with Crippen molar-refractivity contribution in [2.24, 2.45) is 11.8 Å². The summed E-state index contributed by atoms with van der Waals surface area (Å²) in [6.07, 6.45) is 5.35. The minimum absolute atomic E-state index is 0.111. The monoisotopic (exact) mass is 654 g/mol. The smallest absolute Gasteiger partial charge is 0.0702 e. The quantitative estimate of drug-likeness (QED) is 0.179. The van der Waals surface area contributed by atoms with Gasteiger partial charge in [0.05, 0.1) is 22.4 Å². The zero-order chi connectivity index (χ0) is 33.5. The van der Waals surface area contributed by atoms with Crippen molar-refractivity contribution >= 4 is 38.9 Å². The molecule has 7 aromatic carbocycles. The van der Waals surface area contributed by atoms with Crippen molar-refractivity contribution in [3.05, 3.63) is 181 Å². The van der Waals surface area contributed by atoms with Crippen molar-refractivity contribution in [1.29, 1.82) is 0 Å². The topological polar surface area (TPSA) is 8.17 Å². The van der Waals surface area contributed by atoms with Crippen molar-refractivity contribution in [3.63, 3.8) is 0 Å². The van der Waals surface area contributed by atoms with Gasteiger partial charge in [-0.15, -0.1) is 0 Å². The number of hydrogen-bond donors (Lipinski definition) is 0. The van der Waals surface area contributed by atoms with Crippen molar-refractivity contribution in [3.8, 4) is 27.9 Å². The van der Waals surface area contributed by atoms with E-state index in [1.807, 2.05) is 0 Å². The predicted octanol–water partition coefficient (Wildman–Crippen LogP) is 13.0. The van der Waals surface area contributed by atoms with Crippen LogP contribution in [0.1, 0.15) is 36.8 Å². The summed E-state index contributed by atoms with van der Waals surface area (Å²) < 4.78 is 2.46.